The number of carbonyl (C=O) groups excluding carboxylic acids is 4. The second kappa shape index (κ2) is 10.8. The van der Waals surface area contributed by atoms with Crippen molar-refractivity contribution in [2.75, 3.05) is 65.7 Å². The summed E-state index contributed by atoms with van der Waals surface area (Å²) in [6.45, 7) is 7.59. The van der Waals surface area contributed by atoms with Crippen LogP contribution in [-0.2, 0) is 33.4 Å². The predicted molar refractivity (Wildman–Crippen MR) is 97.1 cm³/mol. The minimum Gasteiger partial charge on any atom is -0.454 e. The molecule has 10 nitrogen and oxygen atoms in total. The van der Waals surface area contributed by atoms with E-state index in [0.717, 1.165) is 0 Å². The van der Waals surface area contributed by atoms with Gasteiger partial charge in [0.2, 0.25) is 0 Å². The monoisotopic (exact) mass is 397 g/mol. The van der Waals surface area contributed by atoms with Crippen molar-refractivity contribution >= 4 is 23.7 Å². The molecule has 0 spiro atoms. The van der Waals surface area contributed by atoms with Crippen molar-refractivity contribution in [3.63, 3.8) is 0 Å². The van der Waals surface area contributed by atoms with E-state index in [-0.39, 0.29) is 45.3 Å². The number of piperazine rings is 1. The fourth-order valence-corrected chi connectivity index (χ4v) is 2.82. The molecule has 0 N–H and O–H groups in total. The van der Waals surface area contributed by atoms with Crippen molar-refractivity contribution < 1.29 is 33.4 Å². The van der Waals surface area contributed by atoms with Gasteiger partial charge in [0.1, 0.15) is 0 Å². The summed E-state index contributed by atoms with van der Waals surface area (Å²) in [7, 11) is 0. The van der Waals surface area contributed by atoms with Gasteiger partial charge in [0.15, 0.2) is 12.7 Å². The lowest BCUT2D eigenvalue weighted by Gasteiger charge is -2.35. The summed E-state index contributed by atoms with van der Waals surface area (Å²) in [6, 6.07) is 0. The number of hydrogen-bond donors (Lipinski definition) is 0. The van der Waals surface area contributed by atoms with E-state index in [2.05, 4.69) is 6.58 Å². The first kappa shape index (κ1) is 21.8. The zero-order chi connectivity index (χ0) is 20.5. The maximum Gasteiger partial charge on any atom is 0.335 e. The van der Waals surface area contributed by atoms with E-state index < -0.39 is 23.9 Å². The summed E-state index contributed by atoms with van der Waals surface area (Å²) in [6.07, 6.45) is 0.728. The molecule has 0 aliphatic carbocycles. The highest BCUT2D eigenvalue weighted by molar-refractivity contribution is 6.34. The highest BCUT2D eigenvalue weighted by Crippen LogP contribution is 2.07. The van der Waals surface area contributed by atoms with Crippen LogP contribution in [0.2, 0.25) is 0 Å². The SMILES string of the molecule is C=CCOC(C)C(=O)OCC(=O)N1CCN(C(=O)C(=O)N2CCOCC2)CC1. The molecule has 0 radical (unpaired) electrons. The molecule has 0 saturated carbocycles. The summed E-state index contributed by atoms with van der Waals surface area (Å²) in [5.74, 6) is -2.07. The molecule has 2 heterocycles. The lowest BCUT2D eigenvalue weighted by molar-refractivity contribution is -0.162. The van der Waals surface area contributed by atoms with Crippen LogP contribution in [0.1, 0.15) is 6.92 Å². The maximum absolute atomic E-state index is 12.4. The predicted octanol–water partition coefficient (Wildman–Crippen LogP) is -1.35. The van der Waals surface area contributed by atoms with Crippen molar-refractivity contribution in [3.8, 4) is 0 Å². The van der Waals surface area contributed by atoms with Crippen molar-refractivity contribution in [1.29, 1.82) is 0 Å². The van der Waals surface area contributed by atoms with Crippen LogP contribution in [0.3, 0.4) is 0 Å². The molecule has 2 rings (SSSR count). The molecule has 28 heavy (non-hydrogen) atoms. The minimum atomic E-state index is -0.786. The Hall–Kier alpha value is -2.46. The van der Waals surface area contributed by atoms with Crippen LogP contribution in [0.4, 0.5) is 0 Å². The third kappa shape index (κ3) is 6.03. The van der Waals surface area contributed by atoms with Gasteiger partial charge in [0, 0.05) is 39.3 Å². The molecular weight excluding hydrogens is 370 g/mol. The first-order valence-corrected chi connectivity index (χ1v) is 9.27. The molecule has 2 aliphatic heterocycles. The van der Waals surface area contributed by atoms with Crippen LogP contribution in [-0.4, -0.2) is 110 Å². The first-order chi connectivity index (χ1) is 13.4. The number of rotatable bonds is 6. The zero-order valence-electron chi connectivity index (χ0n) is 16.1. The Morgan fingerprint density at radius 3 is 2.07 bits per heavy atom. The average Bonchev–Trinajstić information content (AvgIpc) is 2.75. The van der Waals surface area contributed by atoms with Gasteiger partial charge in [-0.05, 0) is 6.92 Å². The van der Waals surface area contributed by atoms with Crippen molar-refractivity contribution in [3.05, 3.63) is 12.7 Å². The van der Waals surface area contributed by atoms with Crippen LogP contribution < -0.4 is 0 Å². The van der Waals surface area contributed by atoms with E-state index in [0.29, 0.717) is 26.3 Å². The average molecular weight is 397 g/mol. The lowest BCUT2D eigenvalue weighted by atomic mass is 10.3. The topological polar surface area (TPSA) is 106 Å². The van der Waals surface area contributed by atoms with Gasteiger partial charge < -0.3 is 28.9 Å². The van der Waals surface area contributed by atoms with E-state index in [9.17, 15) is 19.2 Å². The molecule has 0 aromatic heterocycles. The van der Waals surface area contributed by atoms with Gasteiger partial charge in [0.05, 0.1) is 19.8 Å². The molecule has 0 aromatic rings. The number of morpholine rings is 1. The van der Waals surface area contributed by atoms with E-state index in [1.165, 1.54) is 27.7 Å². The van der Waals surface area contributed by atoms with Crippen LogP contribution in [0.25, 0.3) is 0 Å². The summed E-state index contributed by atoms with van der Waals surface area (Å²) in [5, 5.41) is 0. The molecule has 156 valence electrons. The highest BCUT2D eigenvalue weighted by Gasteiger charge is 2.31. The quantitative estimate of drug-likeness (QED) is 0.310. The molecule has 2 aliphatic rings. The van der Waals surface area contributed by atoms with Gasteiger partial charge in [-0.25, -0.2) is 4.79 Å². The Morgan fingerprint density at radius 1 is 0.964 bits per heavy atom. The van der Waals surface area contributed by atoms with E-state index in [4.69, 9.17) is 14.2 Å². The number of amides is 3. The molecule has 2 fully saturated rings. The van der Waals surface area contributed by atoms with Crippen LogP contribution in [0, 0.1) is 0 Å². The van der Waals surface area contributed by atoms with Crippen molar-refractivity contribution in [2.45, 2.75) is 13.0 Å². The number of ether oxygens (including phenoxy) is 3. The Morgan fingerprint density at radius 2 is 1.50 bits per heavy atom. The molecule has 3 amide bonds. The smallest absolute Gasteiger partial charge is 0.335 e. The van der Waals surface area contributed by atoms with Crippen LogP contribution >= 0.6 is 0 Å². The van der Waals surface area contributed by atoms with Gasteiger partial charge in [-0.3, -0.25) is 14.4 Å². The third-order valence-corrected chi connectivity index (χ3v) is 4.53. The Balaban J connectivity index is 1.72. The Bertz CT molecular complexity index is 596. The van der Waals surface area contributed by atoms with Gasteiger partial charge in [-0.1, -0.05) is 6.08 Å². The van der Waals surface area contributed by atoms with E-state index in [1.807, 2.05) is 0 Å². The largest absolute Gasteiger partial charge is 0.454 e. The summed E-state index contributed by atoms with van der Waals surface area (Å²) in [4.78, 5) is 53.0. The molecule has 0 bridgehead atoms. The van der Waals surface area contributed by atoms with Gasteiger partial charge in [-0.15, -0.1) is 6.58 Å². The molecule has 0 aromatic carbocycles. The summed E-state index contributed by atoms with van der Waals surface area (Å²) < 4.78 is 15.3. The first-order valence-electron chi connectivity index (χ1n) is 9.27. The maximum atomic E-state index is 12.4. The number of carbonyl (C=O) groups is 4. The van der Waals surface area contributed by atoms with Crippen molar-refractivity contribution in [2.24, 2.45) is 0 Å². The highest BCUT2D eigenvalue weighted by atomic mass is 16.6. The van der Waals surface area contributed by atoms with Crippen LogP contribution in [0.5, 0.6) is 0 Å². The second-order valence-corrected chi connectivity index (χ2v) is 6.45. The van der Waals surface area contributed by atoms with Gasteiger partial charge in [-0.2, -0.15) is 0 Å². The van der Waals surface area contributed by atoms with Gasteiger partial charge in [0.25, 0.3) is 5.91 Å². The van der Waals surface area contributed by atoms with Gasteiger partial charge >= 0.3 is 17.8 Å². The Labute approximate surface area is 164 Å². The minimum absolute atomic E-state index is 0.212. The lowest BCUT2D eigenvalue weighted by Crippen LogP contribution is -2.56. The Kier molecular flexibility index (Phi) is 8.40. The molecule has 1 atom stereocenters. The number of hydrogen-bond acceptors (Lipinski definition) is 7. The number of nitrogens with zero attached hydrogens (tertiary/aromatic N) is 3. The fourth-order valence-electron chi connectivity index (χ4n) is 2.82. The second-order valence-electron chi connectivity index (χ2n) is 6.45. The van der Waals surface area contributed by atoms with Crippen molar-refractivity contribution in [1.82, 2.24) is 14.7 Å². The van der Waals surface area contributed by atoms with Crippen LogP contribution in [0.15, 0.2) is 12.7 Å². The zero-order valence-corrected chi connectivity index (χ0v) is 16.1. The third-order valence-electron chi connectivity index (χ3n) is 4.53. The summed E-state index contributed by atoms with van der Waals surface area (Å²) in [5.41, 5.74) is 0. The summed E-state index contributed by atoms with van der Waals surface area (Å²) >= 11 is 0. The van der Waals surface area contributed by atoms with E-state index in [1.54, 1.807) is 0 Å². The molecule has 1 unspecified atom stereocenters. The van der Waals surface area contributed by atoms with E-state index >= 15 is 0 Å². The normalized spacial score (nSPS) is 18.4. The number of esters is 1. The standard InChI is InChI=1S/C18H27N3O7/c1-3-10-27-14(2)18(25)28-13-15(22)19-4-6-20(7-5-19)16(23)17(24)21-8-11-26-12-9-21/h3,14H,1,4-13H2,2H3. The molecule has 10 heteroatoms. The molecular formula is C18H27N3O7. The molecule has 2 saturated heterocycles. The fraction of sp³-hybridized carbons (Fsp3) is 0.667.